The molecule has 2 aromatic carbocycles. The van der Waals surface area contributed by atoms with Crippen LogP contribution < -0.4 is 25.2 Å². The van der Waals surface area contributed by atoms with Gasteiger partial charge in [-0.1, -0.05) is 0 Å². The van der Waals surface area contributed by atoms with Crippen LogP contribution in [0.25, 0.3) is 22.4 Å². The Balaban J connectivity index is 1.29. The lowest BCUT2D eigenvalue weighted by molar-refractivity contribution is -0.117. The number of nitrogens with one attached hydrogen (secondary N) is 1. The van der Waals surface area contributed by atoms with E-state index in [9.17, 15) is 9.59 Å². The van der Waals surface area contributed by atoms with Crippen molar-refractivity contribution in [2.24, 2.45) is 0 Å². The second-order valence-electron chi connectivity index (χ2n) is 7.64. The predicted octanol–water partition coefficient (Wildman–Crippen LogP) is 2.19. The second kappa shape index (κ2) is 7.66. The number of carbonyl (C=O) groups is 1. The maximum absolute atomic E-state index is 12.9. The van der Waals surface area contributed by atoms with Gasteiger partial charge in [0.15, 0.2) is 17.1 Å². The Morgan fingerprint density at radius 1 is 1.06 bits per heavy atom. The van der Waals surface area contributed by atoms with Crippen molar-refractivity contribution in [2.75, 3.05) is 19.2 Å². The minimum atomic E-state index is -0.425. The van der Waals surface area contributed by atoms with Gasteiger partial charge in [0.1, 0.15) is 17.8 Å². The van der Waals surface area contributed by atoms with E-state index in [1.807, 2.05) is 30.3 Å². The standard InChI is InChI=1S/C23H18N6O5/c1-32-16-5-2-14(3-6-16)17-11-18-22-26-29(23(31)27(22)8-9-28(18)25-17)12-21(30)24-15-4-7-19-20(10-15)34-13-33-19/h2-11H,12-13H2,1H3,(H,24,30). The number of rotatable bonds is 5. The lowest BCUT2D eigenvalue weighted by Crippen LogP contribution is -2.28. The fourth-order valence-electron chi connectivity index (χ4n) is 3.85. The zero-order chi connectivity index (χ0) is 23.2. The number of anilines is 1. The van der Waals surface area contributed by atoms with Crippen molar-refractivity contribution in [2.45, 2.75) is 6.54 Å². The number of amides is 1. The molecule has 1 aliphatic heterocycles. The van der Waals surface area contributed by atoms with Crippen LogP contribution in [0.4, 0.5) is 5.69 Å². The van der Waals surface area contributed by atoms with E-state index in [0.29, 0.717) is 28.4 Å². The number of aromatic nitrogens is 5. The van der Waals surface area contributed by atoms with Crippen LogP contribution in [-0.2, 0) is 11.3 Å². The summed E-state index contributed by atoms with van der Waals surface area (Å²) in [5, 5.41) is 11.7. The maximum Gasteiger partial charge on any atom is 0.350 e. The summed E-state index contributed by atoms with van der Waals surface area (Å²) in [6.07, 6.45) is 3.25. The van der Waals surface area contributed by atoms with Crippen LogP contribution in [0.5, 0.6) is 17.2 Å². The average molecular weight is 458 g/mol. The van der Waals surface area contributed by atoms with Gasteiger partial charge in [0, 0.05) is 29.7 Å². The number of hydrogen-bond acceptors (Lipinski definition) is 7. The van der Waals surface area contributed by atoms with Crippen molar-refractivity contribution in [1.29, 1.82) is 0 Å². The van der Waals surface area contributed by atoms with E-state index in [1.54, 1.807) is 42.2 Å². The van der Waals surface area contributed by atoms with E-state index in [-0.39, 0.29) is 13.3 Å². The van der Waals surface area contributed by atoms with Crippen LogP contribution in [0, 0.1) is 0 Å². The number of methoxy groups -OCH3 is 1. The average Bonchev–Trinajstić information content (AvgIpc) is 3.56. The van der Waals surface area contributed by atoms with Crippen molar-refractivity contribution < 1.29 is 19.0 Å². The van der Waals surface area contributed by atoms with Gasteiger partial charge in [0.2, 0.25) is 12.7 Å². The summed E-state index contributed by atoms with van der Waals surface area (Å²) in [5.41, 5.74) is 2.76. The highest BCUT2D eigenvalue weighted by molar-refractivity contribution is 5.91. The lowest BCUT2D eigenvalue weighted by atomic mass is 10.1. The van der Waals surface area contributed by atoms with Gasteiger partial charge in [0.05, 0.1) is 12.8 Å². The fourth-order valence-corrected chi connectivity index (χ4v) is 3.85. The highest BCUT2D eigenvalue weighted by Crippen LogP contribution is 2.34. The Morgan fingerprint density at radius 3 is 2.71 bits per heavy atom. The smallest absolute Gasteiger partial charge is 0.350 e. The molecule has 0 fully saturated rings. The van der Waals surface area contributed by atoms with E-state index in [4.69, 9.17) is 14.2 Å². The normalized spacial score (nSPS) is 12.4. The van der Waals surface area contributed by atoms with Gasteiger partial charge in [0.25, 0.3) is 0 Å². The predicted molar refractivity (Wildman–Crippen MR) is 121 cm³/mol. The molecule has 0 spiro atoms. The Labute approximate surface area is 191 Å². The molecule has 170 valence electrons. The van der Waals surface area contributed by atoms with E-state index in [1.165, 1.54) is 4.40 Å². The van der Waals surface area contributed by atoms with Crippen LogP contribution >= 0.6 is 0 Å². The number of hydrogen-bond donors (Lipinski definition) is 1. The first-order valence-electron chi connectivity index (χ1n) is 10.4. The van der Waals surface area contributed by atoms with Gasteiger partial charge in [-0.15, -0.1) is 5.10 Å². The van der Waals surface area contributed by atoms with Crippen LogP contribution in [0.1, 0.15) is 0 Å². The van der Waals surface area contributed by atoms with Gasteiger partial charge in [-0.3, -0.25) is 4.79 Å². The van der Waals surface area contributed by atoms with Crippen molar-refractivity contribution in [3.8, 4) is 28.5 Å². The molecule has 0 saturated carbocycles. The van der Waals surface area contributed by atoms with Gasteiger partial charge >= 0.3 is 5.69 Å². The molecule has 0 unspecified atom stereocenters. The lowest BCUT2D eigenvalue weighted by Gasteiger charge is -2.05. The van der Waals surface area contributed by atoms with Gasteiger partial charge in [-0.25, -0.2) is 18.4 Å². The Kier molecular flexibility index (Phi) is 4.47. The van der Waals surface area contributed by atoms with Crippen LogP contribution in [-0.4, -0.2) is 43.6 Å². The molecule has 0 aliphatic carbocycles. The van der Waals surface area contributed by atoms with E-state index >= 15 is 0 Å². The fraction of sp³-hybridized carbons (Fsp3) is 0.130. The molecule has 0 saturated heterocycles. The molecule has 4 heterocycles. The summed E-state index contributed by atoms with van der Waals surface area (Å²) in [6, 6.07) is 14.5. The molecule has 0 bridgehead atoms. The second-order valence-corrected chi connectivity index (χ2v) is 7.64. The van der Waals surface area contributed by atoms with Crippen molar-refractivity contribution in [3.05, 3.63) is 71.4 Å². The van der Waals surface area contributed by atoms with Gasteiger partial charge in [-0.05, 0) is 42.5 Å². The van der Waals surface area contributed by atoms with Crippen LogP contribution in [0.3, 0.4) is 0 Å². The summed E-state index contributed by atoms with van der Waals surface area (Å²) in [4.78, 5) is 25.5. The quantitative estimate of drug-likeness (QED) is 0.430. The van der Waals surface area contributed by atoms with Crippen LogP contribution in [0.2, 0.25) is 0 Å². The molecule has 3 aromatic heterocycles. The maximum atomic E-state index is 12.9. The number of ether oxygens (including phenoxy) is 3. The molecule has 34 heavy (non-hydrogen) atoms. The Morgan fingerprint density at radius 2 is 1.88 bits per heavy atom. The molecule has 1 amide bonds. The van der Waals surface area contributed by atoms with E-state index in [0.717, 1.165) is 21.7 Å². The first-order valence-corrected chi connectivity index (χ1v) is 10.4. The van der Waals surface area contributed by atoms with Crippen molar-refractivity contribution in [1.82, 2.24) is 23.8 Å². The molecule has 11 heteroatoms. The number of fused-ring (bicyclic) bond motifs is 4. The van der Waals surface area contributed by atoms with Crippen LogP contribution in [0.15, 0.2) is 65.7 Å². The molecular formula is C23H18N6O5. The minimum Gasteiger partial charge on any atom is -0.497 e. The van der Waals surface area contributed by atoms with Gasteiger partial charge < -0.3 is 19.5 Å². The zero-order valence-corrected chi connectivity index (χ0v) is 18.0. The number of carbonyl (C=O) groups excluding carboxylic acids is 1. The molecule has 1 N–H and O–H groups in total. The third kappa shape index (κ3) is 3.30. The Hall–Kier alpha value is -4.80. The molecule has 0 atom stereocenters. The summed E-state index contributed by atoms with van der Waals surface area (Å²) < 4.78 is 20.0. The van der Waals surface area contributed by atoms with Crippen molar-refractivity contribution in [3.63, 3.8) is 0 Å². The van der Waals surface area contributed by atoms with Crippen molar-refractivity contribution >= 4 is 22.8 Å². The number of nitrogens with zero attached hydrogens (tertiary/aromatic N) is 5. The number of benzene rings is 2. The van der Waals surface area contributed by atoms with E-state index in [2.05, 4.69) is 15.5 Å². The summed E-state index contributed by atoms with van der Waals surface area (Å²) in [7, 11) is 1.61. The highest BCUT2D eigenvalue weighted by atomic mass is 16.7. The first kappa shape index (κ1) is 19.9. The highest BCUT2D eigenvalue weighted by Gasteiger charge is 2.17. The molecule has 0 radical (unpaired) electrons. The summed E-state index contributed by atoms with van der Waals surface area (Å²) in [6.45, 7) is -0.104. The molecule has 5 aromatic rings. The molecule has 11 nitrogen and oxygen atoms in total. The first-order chi connectivity index (χ1) is 16.6. The molecular weight excluding hydrogens is 440 g/mol. The monoisotopic (exact) mass is 458 g/mol. The zero-order valence-electron chi connectivity index (χ0n) is 18.0. The summed E-state index contributed by atoms with van der Waals surface area (Å²) >= 11 is 0. The minimum absolute atomic E-state index is 0.145. The topological polar surface area (TPSA) is 113 Å². The van der Waals surface area contributed by atoms with E-state index < -0.39 is 11.6 Å². The SMILES string of the molecule is COc1ccc(-c2cc3c4nn(CC(=O)Nc5ccc6c(c5)OCO6)c(=O)n4ccn3n2)cc1. The third-order valence-electron chi connectivity index (χ3n) is 5.53. The van der Waals surface area contributed by atoms with Gasteiger partial charge in [-0.2, -0.15) is 5.10 Å². The Bertz CT molecular complexity index is 1620. The third-order valence-corrected chi connectivity index (χ3v) is 5.53. The molecule has 6 rings (SSSR count). The molecule has 1 aliphatic rings. The summed E-state index contributed by atoms with van der Waals surface area (Å²) in [5.74, 6) is 1.53. The largest absolute Gasteiger partial charge is 0.497 e.